The van der Waals surface area contributed by atoms with Gasteiger partial charge in [-0.05, 0) is 6.92 Å². The van der Waals surface area contributed by atoms with Crippen LogP contribution in [0.25, 0.3) is 0 Å². The summed E-state index contributed by atoms with van der Waals surface area (Å²) >= 11 is 0. The van der Waals surface area contributed by atoms with Crippen LogP contribution < -0.4 is 11.2 Å². The number of aromatic nitrogens is 2. The van der Waals surface area contributed by atoms with Crippen molar-refractivity contribution < 1.29 is 14.3 Å². The van der Waals surface area contributed by atoms with Crippen molar-refractivity contribution in [2.45, 2.75) is 13.5 Å². The maximum Gasteiger partial charge on any atom is 0.409 e. The van der Waals surface area contributed by atoms with Crippen LogP contribution in [0.2, 0.25) is 0 Å². The van der Waals surface area contributed by atoms with Crippen LogP contribution in [-0.2, 0) is 16.1 Å². The number of ether oxygens (including phenoxy) is 1. The zero-order valence-electron chi connectivity index (χ0n) is 12.3. The minimum absolute atomic E-state index is 0.144. The molecule has 1 aromatic rings. The lowest BCUT2D eigenvalue weighted by atomic mass is 10.3. The minimum Gasteiger partial charge on any atom is -0.450 e. The fourth-order valence-corrected chi connectivity index (χ4v) is 2.17. The van der Waals surface area contributed by atoms with E-state index in [9.17, 15) is 19.2 Å². The van der Waals surface area contributed by atoms with Crippen molar-refractivity contribution >= 4 is 12.0 Å². The molecular formula is C13H18N4O5. The molecule has 0 bridgehead atoms. The summed E-state index contributed by atoms with van der Waals surface area (Å²) in [5.41, 5.74) is -1.12. The number of hydrogen-bond acceptors (Lipinski definition) is 5. The lowest BCUT2D eigenvalue weighted by Crippen LogP contribution is -2.51. The molecule has 1 fully saturated rings. The van der Waals surface area contributed by atoms with E-state index in [-0.39, 0.29) is 18.5 Å². The second kappa shape index (κ2) is 6.92. The van der Waals surface area contributed by atoms with Gasteiger partial charge >= 0.3 is 11.8 Å². The van der Waals surface area contributed by atoms with E-state index in [1.54, 1.807) is 16.7 Å². The third-order valence-corrected chi connectivity index (χ3v) is 3.36. The molecule has 1 aliphatic heterocycles. The van der Waals surface area contributed by atoms with Gasteiger partial charge in [0.05, 0.1) is 6.61 Å². The van der Waals surface area contributed by atoms with Gasteiger partial charge in [-0.25, -0.2) is 9.59 Å². The molecule has 1 aromatic heterocycles. The molecule has 0 saturated carbocycles. The topological polar surface area (TPSA) is 105 Å². The number of amides is 2. The second-order valence-corrected chi connectivity index (χ2v) is 4.80. The quantitative estimate of drug-likeness (QED) is 0.758. The third-order valence-electron chi connectivity index (χ3n) is 3.36. The number of nitrogens with zero attached hydrogens (tertiary/aromatic N) is 3. The summed E-state index contributed by atoms with van der Waals surface area (Å²) in [5.74, 6) is -0.238. The Morgan fingerprint density at radius 2 is 1.82 bits per heavy atom. The average Bonchev–Trinajstić information content (AvgIpc) is 2.50. The van der Waals surface area contributed by atoms with Gasteiger partial charge < -0.3 is 14.5 Å². The standard InChI is InChI=1S/C13H18N4O5/c1-2-22-13(21)16-7-5-15(6-8-16)11(19)9-17-4-3-10(18)14-12(17)20/h3-4H,2,5-9H2,1H3,(H,14,18,20). The molecule has 0 atom stereocenters. The van der Waals surface area contributed by atoms with Gasteiger partial charge in [-0.15, -0.1) is 0 Å². The number of rotatable bonds is 3. The molecule has 0 radical (unpaired) electrons. The summed E-state index contributed by atoms with van der Waals surface area (Å²) < 4.78 is 6.04. The number of nitrogens with one attached hydrogen (secondary N) is 1. The highest BCUT2D eigenvalue weighted by Gasteiger charge is 2.24. The van der Waals surface area contributed by atoms with Crippen LogP contribution in [-0.4, -0.2) is 64.1 Å². The Kier molecular flexibility index (Phi) is 4.97. The van der Waals surface area contributed by atoms with E-state index in [0.29, 0.717) is 32.8 Å². The lowest BCUT2D eigenvalue weighted by Gasteiger charge is -2.34. The molecule has 2 rings (SSSR count). The summed E-state index contributed by atoms with van der Waals surface area (Å²) in [6.07, 6.45) is 0.903. The molecule has 120 valence electrons. The van der Waals surface area contributed by atoms with Gasteiger partial charge in [0.15, 0.2) is 0 Å². The first-order valence-electron chi connectivity index (χ1n) is 7.00. The van der Waals surface area contributed by atoms with Crippen molar-refractivity contribution in [2.75, 3.05) is 32.8 Å². The van der Waals surface area contributed by atoms with Crippen LogP contribution in [0.5, 0.6) is 0 Å². The first-order chi connectivity index (χ1) is 10.5. The molecule has 0 unspecified atom stereocenters. The van der Waals surface area contributed by atoms with Gasteiger partial charge in [0.2, 0.25) is 5.91 Å². The zero-order chi connectivity index (χ0) is 16.1. The fourth-order valence-electron chi connectivity index (χ4n) is 2.17. The Bertz CT molecular complexity index is 657. The fraction of sp³-hybridized carbons (Fsp3) is 0.538. The molecular weight excluding hydrogens is 292 g/mol. The molecule has 0 aliphatic carbocycles. The largest absolute Gasteiger partial charge is 0.450 e. The van der Waals surface area contributed by atoms with E-state index in [4.69, 9.17) is 4.74 Å². The first kappa shape index (κ1) is 15.8. The molecule has 0 aromatic carbocycles. The van der Waals surface area contributed by atoms with E-state index >= 15 is 0 Å². The number of hydrogen-bond donors (Lipinski definition) is 1. The summed E-state index contributed by atoms with van der Waals surface area (Å²) in [5, 5.41) is 0. The maximum absolute atomic E-state index is 12.1. The van der Waals surface area contributed by atoms with Crippen LogP contribution >= 0.6 is 0 Å². The summed E-state index contributed by atoms with van der Waals surface area (Å²) in [7, 11) is 0. The smallest absolute Gasteiger partial charge is 0.409 e. The number of carbonyl (C=O) groups is 2. The highest BCUT2D eigenvalue weighted by atomic mass is 16.6. The average molecular weight is 310 g/mol. The monoisotopic (exact) mass is 310 g/mol. The highest BCUT2D eigenvalue weighted by Crippen LogP contribution is 2.04. The Balaban J connectivity index is 1.91. The van der Waals surface area contributed by atoms with Crippen molar-refractivity contribution in [3.05, 3.63) is 33.1 Å². The number of carbonyl (C=O) groups excluding carboxylic acids is 2. The predicted molar refractivity (Wildman–Crippen MR) is 76.5 cm³/mol. The summed E-state index contributed by atoms with van der Waals surface area (Å²) in [6.45, 7) is 3.46. The number of piperazine rings is 1. The van der Waals surface area contributed by atoms with E-state index < -0.39 is 11.2 Å². The van der Waals surface area contributed by atoms with Crippen LogP contribution in [0.4, 0.5) is 4.79 Å². The van der Waals surface area contributed by atoms with Crippen molar-refractivity contribution in [3.8, 4) is 0 Å². The van der Waals surface area contributed by atoms with Crippen molar-refractivity contribution in [3.63, 3.8) is 0 Å². The van der Waals surface area contributed by atoms with E-state index in [1.807, 2.05) is 0 Å². The minimum atomic E-state index is -0.619. The molecule has 1 saturated heterocycles. The van der Waals surface area contributed by atoms with Crippen LogP contribution in [0.3, 0.4) is 0 Å². The van der Waals surface area contributed by atoms with Crippen LogP contribution in [0.15, 0.2) is 21.9 Å². The van der Waals surface area contributed by atoms with Crippen molar-refractivity contribution in [1.29, 1.82) is 0 Å². The van der Waals surface area contributed by atoms with Crippen LogP contribution in [0, 0.1) is 0 Å². The van der Waals surface area contributed by atoms with E-state index in [1.165, 1.54) is 12.3 Å². The maximum atomic E-state index is 12.1. The SMILES string of the molecule is CCOC(=O)N1CCN(C(=O)Cn2ccc(=O)[nH]c2=O)CC1. The first-order valence-corrected chi connectivity index (χ1v) is 7.00. The predicted octanol–water partition coefficient (Wildman–Crippen LogP) is -1.16. The van der Waals surface area contributed by atoms with Crippen molar-refractivity contribution in [1.82, 2.24) is 19.4 Å². The molecule has 9 heteroatoms. The third kappa shape index (κ3) is 3.74. The zero-order valence-corrected chi connectivity index (χ0v) is 12.3. The second-order valence-electron chi connectivity index (χ2n) is 4.80. The van der Waals surface area contributed by atoms with E-state index in [2.05, 4.69) is 4.98 Å². The molecule has 2 amide bonds. The normalized spacial score (nSPS) is 14.8. The van der Waals surface area contributed by atoms with Gasteiger partial charge in [-0.1, -0.05) is 0 Å². The highest BCUT2D eigenvalue weighted by molar-refractivity contribution is 5.76. The Hall–Kier alpha value is -2.58. The lowest BCUT2D eigenvalue weighted by molar-refractivity contribution is -0.133. The van der Waals surface area contributed by atoms with E-state index in [0.717, 1.165) is 4.57 Å². The molecule has 22 heavy (non-hydrogen) atoms. The molecule has 1 aliphatic rings. The van der Waals surface area contributed by atoms with Gasteiger partial charge in [0, 0.05) is 38.4 Å². The number of H-pyrrole nitrogens is 1. The Morgan fingerprint density at radius 3 is 2.41 bits per heavy atom. The van der Waals surface area contributed by atoms with Crippen molar-refractivity contribution in [2.24, 2.45) is 0 Å². The van der Waals surface area contributed by atoms with Crippen LogP contribution in [0.1, 0.15) is 6.92 Å². The summed E-state index contributed by atoms with van der Waals surface area (Å²) in [4.78, 5) is 51.4. The van der Waals surface area contributed by atoms with Gasteiger partial charge in [0.1, 0.15) is 6.54 Å². The van der Waals surface area contributed by atoms with Gasteiger partial charge in [0.25, 0.3) is 5.56 Å². The Labute approximate surface area is 126 Å². The number of aromatic amines is 1. The molecule has 0 spiro atoms. The molecule has 1 N–H and O–H groups in total. The molecule has 9 nitrogen and oxygen atoms in total. The van der Waals surface area contributed by atoms with Gasteiger partial charge in [-0.3, -0.25) is 19.1 Å². The Morgan fingerprint density at radius 1 is 1.18 bits per heavy atom. The molecule has 2 heterocycles. The van der Waals surface area contributed by atoms with Gasteiger partial charge in [-0.2, -0.15) is 0 Å². The summed E-state index contributed by atoms with van der Waals surface area (Å²) in [6, 6.07) is 1.19.